The lowest BCUT2D eigenvalue weighted by Crippen LogP contribution is -2.37. The van der Waals surface area contributed by atoms with Crippen LogP contribution in [0, 0.1) is 6.92 Å². The Hall–Kier alpha value is -2.12. The minimum absolute atomic E-state index is 0.0923. The Balaban J connectivity index is 1.63. The second-order valence-corrected chi connectivity index (χ2v) is 11.7. The highest BCUT2D eigenvalue weighted by atomic mass is 32.2. The monoisotopic (exact) mass is 442 g/mol. The molecule has 2 atom stereocenters. The second kappa shape index (κ2) is 8.19. The first-order chi connectivity index (χ1) is 14.2. The van der Waals surface area contributed by atoms with Gasteiger partial charge >= 0.3 is 0 Å². The Morgan fingerprint density at radius 2 is 1.90 bits per heavy atom. The van der Waals surface area contributed by atoms with E-state index in [1.165, 1.54) is 17.3 Å². The molecule has 5 nitrogen and oxygen atoms in total. The van der Waals surface area contributed by atoms with E-state index in [0.717, 1.165) is 16.8 Å². The van der Waals surface area contributed by atoms with Crippen LogP contribution >= 0.6 is 11.8 Å². The van der Waals surface area contributed by atoms with Crippen LogP contribution < -0.4 is 4.90 Å². The molecule has 2 aromatic carbocycles. The van der Waals surface area contributed by atoms with Gasteiger partial charge in [0.05, 0.1) is 24.0 Å². The van der Waals surface area contributed by atoms with Crippen molar-refractivity contribution in [3.63, 3.8) is 0 Å². The van der Waals surface area contributed by atoms with Crippen LogP contribution in [0.3, 0.4) is 0 Å². The third kappa shape index (κ3) is 4.47. The first-order valence-corrected chi connectivity index (χ1v) is 12.9. The van der Waals surface area contributed by atoms with Gasteiger partial charge in [-0.05, 0) is 36.1 Å². The first kappa shape index (κ1) is 21.1. The minimum atomic E-state index is -3.08. The second-order valence-electron chi connectivity index (χ2n) is 8.37. The number of hydrogen-bond acceptors (Lipinski definition) is 4. The van der Waals surface area contributed by atoms with Gasteiger partial charge in [-0.1, -0.05) is 67.6 Å². The van der Waals surface area contributed by atoms with E-state index in [1.807, 2.05) is 48.2 Å². The quantitative estimate of drug-likeness (QED) is 0.717. The van der Waals surface area contributed by atoms with Gasteiger partial charge in [-0.3, -0.25) is 4.79 Å². The van der Waals surface area contributed by atoms with Gasteiger partial charge in [0.15, 0.2) is 15.0 Å². The molecule has 0 unspecified atom stereocenters. The molecule has 2 fully saturated rings. The molecule has 0 spiro atoms. The molecule has 0 bridgehead atoms. The zero-order chi connectivity index (χ0) is 21.5. The number of carbonyl (C=O) groups excluding carboxylic acids is 1. The molecule has 7 heteroatoms. The van der Waals surface area contributed by atoms with Crippen molar-refractivity contribution in [3.8, 4) is 0 Å². The highest BCUT2D eigenvalue weighted by Gasteiger charge is 2.49. The molecule has 0 N–H and O–H groups in total. The van der Waals surface area contributed by atoms with Crippen molar-refractivity contribution in [1.29, 1.82) is 0 Å². The molecule has 0 radical (unpaired) electrons. The smallest absolute Gasteiger partial charge is 0.252 e. The average Bonchev–Trinajstić information content (AvgIpc) is 3.12. The summed E-state index contributed by atoms with van der Waals surface area (Å²) in [4.78, 5) is 19.1. The lowest BCUT2D eigenvalue weighted by Gasteiger charge is -2.25. The van der Waals surface area contributed by atoms with Crippen molar-refractivity contribution in [2.24, 2.45) is 4.99 Å². The van der Waals surface area contributed by atoms with Gasteiger partial charge < -0.3 is 4.90 Å². The summed E-state index contributed by atoms with van der Waals surface area (Å²) in [5, 5.41) is 0.514. The SMILES string of the molecule is Cc1cccc(CC(=O)N=C2S[C@H]3CS(=O)(=O)C[C@H]3N2c2ccc(C(C)C)cc2)c1. The average molecular weight is 443 g/mol. The Kier molecular flexibility index (Phi) is 5.77. The Bertz CT molecular complexity index is 1090. The number of amides is 1. The molecule has 2 saturated heterocycles. The molecule has 2 aliphatic heterocycles. The highest BCUT2D eigenvalue weighted by Crippen LogP contribution is 2.41. The number of rotatable bonds is 4. The van der Waals surface area contributed by atoms with E-state index in [2.05, 4.69) is 31.0 Å². The van der Waals surface area contributed by atoms with Gasteiger partial charge in [0, 0.05) is 10.9 Å². The summed E-state index contributed by atoms with van der Waals surface area (Å²) in [5.41, 5.74) is 4.14. The van der Waals surface area contributed by atoms with E-state index in [4.69, 9.17) is 0 Å². The van der Waals surface area contributed by atoms with E-state index >= 15 is 0 Å². The largest absolute Gasteiger partial charge is 0.316 e. The van der Waals surface area contributed by atoms with Gasteiger partial charge in [0.2, 0.25) is 0 Å². The number of fused-ring (bicyclic) bond motifs is 1. The maximum Gasteiger partial charge on any atom is 0.252 e. The number of aliphatic imine (C=N–C) groups is 1. The van der Waals surface area contributed by atoms with Crippen LogP contribution in [-0.4, -0.2) is 42.3 Å². The summed E-state index contributed by atoms with van der Waals surface area (Å²) >= 11 is 1.41. The molecule has 0 aliphatic carbocycles. The maximum absolute atomic E-state index is 12.7. The number of nitrogens with zero attached hydrogens (tertiary/aromatic N) is 2. The van der Waals surface area contributed by atoms with Crippen molar-refractivity contribution in [3.05, 3.63) is 65.2 Å². The van der Waals surface area contributed by atoms with Crippen LogP contribution in [-0.2, 0) is 21.1 Å². The first-order valence-electron chi connectivity index (χ1n) is 10.2. The number of thioether (sulfide) groups is 1. The number of aryl methyl sites for hydroxylation is 1. The van der Waals surface area contributed by atoms with Gasteiger partial charge in [-0.25, -0.2) is 8.42 Å². The molecule has 2 heterocycles. The summed E-state index contributed by atoms with van der Waals surface area (Å²) < 4.78 is 24.4. The van der Waals surface area contributed by atoms with E-state index in [-0.39, 0.29) is 35.1 Å². The van der Waals surface area contributed by atoms with E-state index in [0.29, 0.717) is 11.1 Å². The predicted molar refractivity (Wildman–Crippen MR) is 124 cm³/mol. The summed E-state index contributed by atoms with van der Waals surface area (Å²) in [6.45, 7) is 6.27. The standard InChI is InChI=1S/C23H26N2O3S2/c1-15(2)18-7-9-19(10-8-18)25-20-13-30(27,28)14-21(20)29-23(25)24-22(26)12-17-6-4-5-16(3)11-17/h4-11,15,20-21H,12-14H2,1-3H3/t20-,21+/m1/s1. The molecule has 4 rings (SSSR count). The molecule has 1 amide bonds. The van der Waals surface area contributed by atoms with Crippen molar-refractivity contribution < 1.29 is 13.2 Å². The van der Waals surface area contributed by atoms with E-state index in [1.54, 1.807) is 0 Å². The van der Waals surface area contributed by atoms with Crippen molar-refractivity contribution in [1.82, 2.24) is 0 Å². The fraction of sp³-hybridized carbons (Fsp3) is 0.391. The summed E-state index contributed by atoms with van der Waals surface area (Å²) in [7, 11) is -3.08. The van der Waals surface area contributed by atoms with Crippen LogP contribution in [0.1, 0.15) is 36.5 Å². The minimum Gasteiger partial charge on any atom is -0.316 e. The van der Waals surface area contributed by atoms with Crippen molar-refractivity contribution >= 4 is 38.4 Å². The molecule has 0 aromatic heterocycles. The lowest BCUT2D eigenvalue weighted by molar-refractivity contribution is -0.117. The fourth-order valence-corrected chi connectivity index (χ4v) is 7.96. The number of carbonyl (C=O) groups is 1. The summed E-state index contributed by atoms with van der Waals surface area (Å²) in [6, 6.07) is 15.8. The summed E-state index contributed by atoms with van der Waals surface area (Å²) in [6.07, 6.45) is 0.236. The molecule has 2 aromatic rings. The van der Waals surface area contributed by atoms with E-state index < -0.39 is 9.84 Å². The summed E-state index contributed by atoms with van der Waals surface area (Å²) in [5.74, 6) is 0.431. The normalized spacial score (nSPS) is 23.9. The predicted octanol–water partition coefficient (Wildman–Crippen LogP) is 3.96. The van der Waals surface area contributed by atoms with Gasteiger partial charge in [-0.2, -0.15) is 4.99 Å². The zero-order valence-corrected chi connectivity index (χ0v) is 19.0. The Morgan fingerprint density at radius 3 is 2.57 bits per heavy atom. The number of hydrogen-bond donors (Lipinski definition) is 0. The van der Waals surface area contributed by atoms with E-state index in [9.17, 15) is 13.2 Å². The van der Waals surface area contributed by atoms with Gasteiger partial charge in [-0.15, -0.1) is 0 Å². The zero-order valence-electron chi connectivity index (χ0n) is 17.4. The topological polar surface area (TPSA) is 66.8 Å². The Morgan fingerprint density at radius 1 is 1.17 bits per heavy atom. The third-order valence-corrected chi connectivity index (χ3v) is 8.77. The van der Waals surface area contributed by atoms with Gasteiger partial charge in [0.1, 0.15) is 0 Å². The fourth-order valence-electron chi connectivity index (χ4n) is 4.03. The van der Waals surface area contributed by atoms with Crippen LogP contribution in [0.2, 0.25) is 0 Å². The molecular formula is C23H26N2O3S2. The molecule has 158 valence electrons. The van der Waals surface area contributed by atoms with Crippen molar-refractivity contribution in [2.75, 3.05) is 16.4 Å². The third-order valence-electron chi connectivity index (χ3n) is 5.56. The highest BCUT2D eigenvalue weighted by molar-refractivity contribution is 8.16. The van der Waals surface area contributed by atoms with Gasteiger partial charge in [0.25, 0.3) is 5.91 Å². The van der Waals surface area contributed by atoms with Crippen LogP contribution in [0.4, 0.5) is 5.69 Å². The van der Waals surface area contributed by atoms with Crippen LogP contribution in [0.25, 0.3) is 0 Å². The Labute approximate surface area is 182 Å². The molecular weight excluding hydrogens is 416 g/mol. The lowest BCUT2D eigenvalue weighted by atomic mass is 10.0. The van der Waals surface area contributed by atoms with Crippen molar-refractivity contribution in [2.45, 2.75) is 44.4 Å². The molecule has 0 saturated carbocycles. The number of sulfone groups is 1. The van der Waals surface area contributed by atoms with Crippen LogP contribution in [0.15, 0.2) is 53.5 Å². The number of anilines is 1. The molecule has 2 aliphatic rings. The number of benzene rings is 2. The van der Waals surface area contributed by atoms with Crippen LogP contribution in [0.5, 0.6) is 0 Å². The maximum atomic E-state index is 12.7. The molecule has 30 heavy (non-hydrogen) atoms. The number of amidine groups is 1.